The Bertz CT molecular complexity index is 425. The number of methoxy groups -OCH3 is 1. The molecule has 0 saturated carbocycles. The molecule has 0 atom stereocenters. The van der Waals surface area contributed by atoms with Gasteiger partial charge in [-0.3, -0.25) is 10.1 Å². The molecular weight excluding hydrogens is 191 g/mol. The summed E-state index contributed by atoms with van der Waals surface area (Å²) in [7, 11) is 1.22. The van der Waals surface area contributed by atoms with Crippen molar-refractivity contribution >= 4 is 11.4 Å². The average Bonchev–Trinajstić information content (AvgIpc) is 2.17. The molecule has 0 amide bonds. The van der Waals surface area contributed by atoms with Gasteiger partial charge in [0.05, 0.1) is 18.6 Å². The van der Waals surface area contributed by atoms with Crippen molar-refractivity contribution in [2.45, 2.75) is 0 Å². The van der Waals surface area contributed by atoms with Gasteiger partial charge in [0.1, 0.15) is 5.82 Å². The number of halogens is 1. The second kappa shape index (κ2) is 3.70. The summed E-state index contributed by atoms with van der Waals surface area (Å²) >= 11 is 0. The number of benzene rings is 1. The molecule has 0 aliphatic rings. The van der Waals surface area contributed by atoms with Crippen LogP contribution in [0.25, 0.3) is 4.85 Å². The topological polar surface area (TPSA) is 56.7 Å². The minimum absolute atomic E-state index is 0.123. The molecule has 14 heavy (non-hydrogen) atoms. The van der Waals surface area contributed by atoms with Gasteiger partial charge < -0.3 is 4.74 Å². The third kappa shape index (κ3) is 1.47. The second-order valence-corrected chi connectivity index (χ2v) is 2.32. The molecule has 6 heteroatoms. The van der Waals surface area contributed by atoms with Crippen molar-refractivity contribution in [3.63, 3.8) is 0 Å². The first kappa shape index (κ1) is 9.92. The standard InChI is InChI=1S/C8H5FN2O3/c1-10-7-5(9)3-4-6(14-2)8(7)11(12)13/h3-4H,2H3. The van der Waals surface area contributed by atoms with Gasteiger partial charge in [0.15, 0.2) is 5.75 Å². The van der Waals surface area contributed by atoms with Crippen LogP contribution in [0.4, 0.5) is 15.8 Å². The van der Waals surface area contributed by atoms with E-state index in [2.05, 4.69) is 9.58 Å². The van der Waals surface area contributed by atoms with Crippen molar-refractivity contribution in [1.29, 1.82) is 0 Å². The fourth-order valence-electron chi connectivity index (χ4n) is 0.984. The van der Waals surface area contributed by atoms with Crippen LogP contribution in [0, 0.1) is 22.5 Å². The second-order valence-electron chi connectivity index (χ2n) is 2.32. The Balaban J connectivity index is 3.54. The Labute approximate surface area is 78.7 Å². The summed E-state index contributed by atoms with van der Waals surface area (Å²) in [4.78, 5) is 12.4. The summed E-state index contributed by atoms with van der Waals surface area (Å²) in [5.74, 6) is -1.05. The highest BCUT2D eigenvalue weighted by molar-refractivity contribution is 5.69. The zero-order chi connectivity index (χ0) is 10.7. The Hall–Kier alpha value is -2.16. The van der Waals surface area contributed by atoms with Crippen molar-refractivity contribution in [2.24, 2.45) is 0 Å². The molecule has 0 spiro atoms. The number of nitro benzene ring substituents is 1. The molecule has 0 saturated heterocycles. The maximum Gasteiger partial charge on any atom is 0.323 e. The van der Waals surface area contributed by atoms with Crippen molar-refractivity contribution in [2.75, 3.05) is 7.11 Å². The van der Waals surface area contributed by atoms with E-state index in [1.165, 1.54) is 7.11 Å². The van der Waals surface area contributed by atoms with Gasteiger partial charge in [-0.2, -0.15) is 0 Å². The van der Waals surface area contributed by atoms with Gasteiger partial charge in [-0.15, -0.1) is 0 Å². The summed E-state index contributed by atoms with van der Waals surface area (Å²) in [5.41, 5.74) is -1.27. The fraction of sp³-hybridized carbons (Fsp3) is 0.125. The van der Waals surface area contributed by atoms with Crippen LogP contribution < -0.4 is 4.74 Å². The number of nitro groups is 1. The third-order valence-electron chi connectivity index (χ3n) is 1.58. The molecule has 0 unspecified atom stereocenters. The van der Waals surface area contributed by atoms with Gasteiger partial charge in [0.2, 0.25) is 0 Å². The molecule has 0 aliphatic carbocycles. The fourth-order valence-corrected chi connectivity index (χ4v) is 0.984. The summed E-state index contributed by atoms with van der Waals surface area (Å²) < 4.78 is 17.6. The Morgan fingerprint density at radius 3 is 2.71 bits per heavy atom. The maximum absolute atomic E-state index is 13.0. The molecule has 5 nitrogen and oxygen atoms in total. The van der Waals surface area contributed by atoms with Crippen LogP contribution in [0.15, 0.2) is 12.1 Å². The Kier molecular flexibility index (Phi) is 2.62. The van der Waals surface area contributed by atoms with Crippen LogP contribution in [0.1, 0.15) is 0 Å². The van der Waals surface area contributed by atoms with Crippen molar-refractivity contribution in [3.8, 4) is 5.75 Å². The van der Waals surface area contributed by atoms with Gasteiger partial charge in [-0.05, 0) is 12.1 Å². The molecule has 0 radical (unpaired) electrons. The summed E-state index contributed by atoms with van der Waals surface area (Å²) in [6.07, 6.45) is 0. The summed E-state index contributed by atoms with van der Waals surface area (Å²) in [6.45, 7) is 6.62. The lowest BCUT2D eigenvalue weighted by molar-refractivity contribution is -0.384. The van der Waals surface area contributed by atoms with Crippen LogP contribution >= 0.6 is 0 Å². The van der Waals surface area contributed by atoms with E-state index in [0.717, 1.165) is 12.1 Å². The molecule has 0 fully saturated rings. The molecule has 0 aliphatic heterocycles. The molecule has 72 valence electrons. The van der Waals surface area contributed by atoms with Crippen LogP contribution in [-0.4, -0.2) is 12.0 Å². The van der Waals surface area contributed by atoms with E-state index in [9.17, 15) is 14.5 Å². The first-order valence-corrected chi connectivity index (χ1v) is 3.50. The van der Waals surface area contributed by atoms with E-state index in [0.29, 0.717) is 0 Å². The molecular formula is C8H5FN2O3. The van der Waals surface area contributed by atoms with Gasteiger partial charge in [-0.25, -0.2) is 9.24 Å². The predicted molar refractivity (Wildman–Crippen MR) is 45.9 cm³/mol. The lowest BCUT2D eigenvalue weighted by Crippen LogP contribution is -1.95. The molecule has 1 aromatic rings. The third-order valence-corrected chi connectivity index (χ3v) is 1.58. The predicted octanol–water partition coefficient (Wildman–Crippen LogP) is 2.29. The Morgan fingerprint density at radius 2 is 2.29 bits per heavy atom. The minimum atomic E-state index is -0.924. The lowest BCUT2D eigenvalue weighted by Gasteiger charge is -2.02. The van der Waals surface area contributed by atoms with Crippen molar-refractivity contribution < 1.29 is 14.1 Å². The van der Waals surface area contributed by atoms with Crippen LogP contribution in [-0.2, 0) is 0 Å². The van der Waals surface area contributed by atoms with Gasteiger partial charge in [0, 0.05) is 0 Å². The lowest BCUT2D eigenvalue weighted by atomic mass is 10.2. The van der Waals surface area contributed by atoms with Gasteiger partial charge >= 0.3 is 11.4 Å². The molecule has 1 rings (SSSR count). The summed E-state index contributed by atoms with van der Waals surface area (Å²) in [6, 6.07) is 2.07. The SMILES string of the molecule is [C-]#[N+]c1c(F)ccc(OC)c1[N+](=O)[O-]. The van der Waals surface area contributed by atoms with Crippen molar-refractivity contribution in [3.05, 3.63) is 39.5 Å². The van der Waals surface area contributed by atoms with E-state index < -0.39 is 22.1 Å². The first-order chi connectivity index (χ1) is 6.61. The minimum Gasteiger partial charge on any atom is -0.491 e. The summed E-state index contributed by atoms with van der Waals surface area (Å²) in [5, 5.41) is 10.5. The Morgan fingerprint density at radius 1 is 1.64 bits per heavy atom. The van der Waals surface area contributed by atoms with Gasteiger partial charge in [0.25, 0.3) is 0 Å². The zero-order valence-electron chi connectivity index (χ0n) is 7.15. The number of hydrogen-bond donors (Lipinski definition) is 0. The highest BCUT2D eigenvalue weighted by Crippen LogP contribution is 2.38. The zero-order valence-corrected chi connectivity index (χ0v) is 7.15. The highest BCUT2D eigenvalue weighted by Gasteiger charge is 2.24. The van der Waals surface area contributed by atoms with Crippen molar-refractivity contribution in [1.82, 2.24) is 0 Å². The first-order valence-electron chi connectivity index (χ1n) is 3.50. The van der Waals surface area contributed by atoms with Crippen LogP contribution in [0.2, 0.25) is 0 Å². The quantitative estimate of drug-likeness (QED) is 0.414. The van der Waals surface area contributed by atoms with E-state index in [-0.39, 0.29) is 5.75 Å². The van der Waals surface area contributed by atoms with E-state index in [1.54, 1.807) is 0 Å². The maximum atomic E-state index is 13.0. The van der Waals surface area contributed by atoms with Crippen LogP contribution in [0.3, 0.4) is 0 Å². The van der Waals surface area contributed by atoms with E-state index >= 15 is 0 Å². The number of nitrogens with zero attached hydrogens (tertiary/aromatic N) is 2. The number of rotatable bonds is 2. The van der Waals surface area contributed by atoms with E-state index in [4.69, 9.17) is 6.57 Å². The number of ether oxygens (including phenoxy) is 1. The van der Waals surface area contributed by atoms with Crippen LogP contribution in [0.5, 0.6) is 5.75 Å². The normalized spacial score (nSPS) is 9.21. The molecule has 0 bridgehead atoms. The smallest absolute Gasteiger partial charge is 0.323 e. The monoisotopic (exact) mass is 196 g/mol. The van der Waals surface area contributed by atoms with Gasteiger partial charge in [-0.1, -0.05) is 0 Å². The molecule has 0 N–H and O–H groups in total. The largest absolute Gasteiger partial charge is 0.491 e. The highest BCUT2D eigenvalue weighted by atomic mass is 19.1. The molecule has 0 aromatic heterocycles. The van der Waals surface area contributed by atoms with E-state index in [1.807, 2.05) is 0 Å². The molecule has 0 heterocycles. The average molecular weight is 196 g/mol. The number of hydrogen-bond acceptors (Lipinski definition) is 3. The molecule has 1 aromatic carbocycles.